The van der Waals surface area contributed by atoms with Gasteiger partial charge in [-0.05, 0) is 38.9 Å². The molecule has 0 aromatic rings. The van der Waals surface area contributed by atoms with Crippen LogP contribution in [0.4, 0.5) is 30.7 Å². The van der Waals surface area contributed by atoms with E-state index in [1.54, 1.807) is 13.8 Å². The summed E-state index contributed by atoms with van der Waals surface area (Å²) in [5.41, 5.74) is 0. The average molecular weight is 432 g/mol. The zero-order valence-corrected chi connectivity index (χ0v) is 17.1. The Bertz CT molecular complexity index is 441. The van der Waals surface area contributed by atoms with Gasteiger partial charge < -0.3 is 13.9 Å². The molecule has 0 aromatic heterocycles. The van der Waals surface area contributed by atoms with Gasteiger partial charge in [-0.2, -0.15) is 30.7 Å². The molecule has 0 heterocycles. The second kappa shape index (κ2) is 9.86. The molecule has 0 spiro atoms. The maximum atomic E-state index is 13.4. The Kier molecular flexibility index (Phi) is 9.70. The van der Waals surface area contributed by atoms with Crippen LogP contribution in [0.15, 0.2) is 0 Å². The van der Waals surface area contributed by atoms with Gasteiger partial charge in [-0.25, -0.2) is 0 Å². The molecule has 0 radical (unpaired) electrons. The largest absolute Gasteiger partial charge is 0.462 e. The molecular formula is C15H27F7O4Si. The smallest absolute Gasteiger partial charge is 0.393 e. The highest BCUT2D eigenvalue weighted by molar-refractivity contribution is 6.69. The molecule has 0 saturated heterocycles. The fourth-order valence-corrected chi connectivity index (χ4v) is 2.79. The molecule has 0 fully saturated rings. The molecule has 4 nitrogen and oxygen atoms in total. The topological polar surface area (TPSA) is 36.9 Å². The van der Waals surface area contributed by atoms with Crippen molar-refractivity contribution in [2.45, 2.75) is 96.8 Å². The van der Waals surface area contributed by atoms with Crippen LogP contribution >= 0.6 is 0 Å². The molecular weight excluding hydrogens is 405 g/mol. The number of halogens is 7. The van der Waals surface area contributed by atoms with Gasteiger partial charge in [-0.3, -0.25) is 4.74 Å². The molecule has 3 atom stereocenters. The van der Waals surface area contributed by atoms with Gasteiger partial charge in [0.2, 0.25) is 0 Å². The minimum atomic E-state index is -6.48. The minimum Gasteiger partial charge on any atom is -0.393 e. The SMILES string of the molecule is CCC(OC(CC)OC(F)(F)C(F)(F)C(F)(F)F)OC(CC)O[Si](C)(C)C. The van der Waals surface area contributed by atoms with E-state index < -0.39 is 51.8 Å². The molecule has 0 aliphatic rings. The molecule has 0 aromatic carbocycles. The van der Waals surface area contributed by atoms with Crippen LogP contribution in [0.3, 0.4) is 0 Å². The quantitative estimate of drug-likeness (QED) is 0.219. The number of ether oxygens (including phenoxy) is 3. The van der Waals surface area contributed by atoms with Crippen molar-refractivity contribution in [1.82, 2.24) is 0 Å². The molecule has 0 bridgehead atoms. The molecule has 0 amide bonds. The van der Waals surface area contributed by atoms with E-state index in [-0.39, 0.29) is 6.42 Å². The normalized spacial score (nSPS) is 17.7. The Hall–Kier alpha value is -0.433. The van der Waals surface area contributed by atoms with Gasteiger partial charge in [0, 0.05) is 0 Å². The van der Waals surface area contributed by atoms with Crippen LogP contribution in [0.2, 0.25) is 19.6 Å². The van der Waals surface area contributed by atoms with Gasteiger partial charge in [-0.1, -0.05) is 20.8 Å². The van der Waals surface area contributed by atoms with Gasteiger partial charge in [0.25, 0.3) is 0 Å². The Labute approximate surface area is 155 Å². The standard InChI is InChI=1S/C15H27F7O4Si/c1-7-10(24-12(9-3)26-27(4,5)6)23-11(8-2)25-15(21,22)13(16,17)14(18,19)20/h10-12H,7-9H2,1-6H3. The van der Waals surface area contributed by atoms with Crippen LogP contribution in [0.5, 0.6) is 0 Å². The summed E-state index contributed by atoms with van der Waals surface area (Å²) in [6.07, 6.45) is -16.2. The summed E-state index contributed by atoms with van der Waals surface area (Å²) in [7, 11) is -2.01. The molecule has 0 aliphatic heterocycles. The van der Waals surface area contributed by atoms with E-state index in [4.69, 9.17) is 13.9 Å². The highest BCUT2D eigenvalue weighted by atomic mass is 28.4. The van der Waals surface area contributed by atoms with Gasteiger partial charge in [0.15, 0.2) is 27.2 Å². The summed E-state index contributed by atoms with van der Waals surface area (Å²) < 4.78 is 109. The fraction of sp³-hybridized carbons (Fsp3) is 1.00. The summed E-state index contributed by atoms with van der Waals surface area (Å²) in [5.74, 6) is -6.37. The molecule has 12 heteroatoms. The van der Waals surface area contributed by atoms with Crippen molar-refractivity contribution in [3.8, 4) is 0 Å². The van der Waals surface area contributed by atoms with Gasteiger partial charge in [0.1, 0.15) is 0 Å². The number of rotatable bonds is 12. The van der Waals surface area contributed by atoms with Crippen LogP contribution in [-0.4, -0.2) is 45.4 Å². The first-order chi connectivity index (χ1) is 12.0. The van der Waals surface area contributed by atoms with E-state index in [1.807, 2.05) is 19.6 Å². The van der Waals surface area contributed by atoms with Crippen molar-refractivity contribution in [3.63, 3.8) is 0 Å². The maximum absolute atomic E-state index is 13.4. The Morgan fingerprint density at radius 2 is 1.11 bits per heavy atom. The Morgan fingerprint density at radius 3 is 1.44 bits per heavy atom. The lowest BCUT2D eigenvalue weighted by molar-refractivity contribution is -0.454. The summed E-state index contributed by atoms with van der Waals surface area (Å²) in [4.78, 5) is 0. The predicted octanol–water partition coefficient (Wildman–Crippen LogP) is 5.89. The second-order valence-corrected chi connectivity index (χ2v) is 11.2. The van der Waals surface area contributed by atoms with Crippen molar-refractivity contribution in [1.29, 1.82) is 0 Å². The summed E-state index contributed by atoms with van der Waals surface area (Å²) in [6.45, 7) is 10.2. The van der Waals surface area contributed by atoms with Crippen LogP contribution in [0.1, 0.15) is 40.0 Å². The average Bonchev–Trinajstić information content (AvgIpc) is 2.49. The lowest BCUT2D eigenvalue weighted by atomic mass is 10.3. The van der Waals surface area contributed by atoms with Crippen LogP contribution < -0.4 is 0 Å². The first kappa shape index (κ1) is 26.6. The zero-order chi connectivity index (χ0) is 21.7. The summed E-state index contributed by atoms with van der Waals surface area (Å²) in [5, 5.41) is 0. The van der Waals surface area contributed by atoms with E-state index in [9.17, 15) is 30.7 Å². The molecule has 0 N–H and O–H groups in total. The first-order valence-electron chi connectivity index (χ1n) is 8.49. The predicted molar refractivity (Wildman–Crippen MR) is 85.9 cm³/mol. The van der Waals surface area contributed by atoms with Gasteiger partial charge in [-0.15, -0.1) is 0 Å². The van der Waals surface area contributed by atoms with Crippen molar-refractivity contribution >= 4 is 8.32 Å². The Balaban J connectivity index is 5.12. The van der Waals surface area contributed by atoms with Crippen molar-refractivity contribution in [3.05, 3.63) is 0 Å². The van der Waals surface area contributed by atoms with Crippen LogP contribution in [-0.2, 0) is 18.6 Å². The van der Waals surface area contributed by atoms with Gasteiger partial charge >= 0.3 is 18.2 Å². The summed E-state index contributed by atoms with van der Waals surface area (Å²) >= 11 is 0. The Morgan fingerprint density at radius 1 is 0.704 bits per heavy atom. The number of hydrogen-bond donors (Lipinski definition) is 0. The minimum absolute atomic E-state index is 0.104. The third-order valence-electron chi connectivity index (χ3n) is 3.09. The summed E-state index contributed by atoms with van der Waals surface area (Å²) in [6, 6.07) is 0. The van der Waals surface area contributed by atoms with Crippen molar-refractivity contribution in [2.24, 2.45) is 0 Å². The van der Waals surface area contributed by atoms with E-state index >= 15 is 0 Å². The van der Waals surface area contributed by atoms with Crippen molar-refractivity contribution in [2.75, 3.05) is 0 Å². The molecule has 27 heavy (non-hydrogen) atoms. The van der Waals surface area contributed by atoms with Crippen LogP contribution in [0, 0.1) is 0 Å². The highest BCUT2D eigenvalue weighted by Gasteiger charge is 2.75. The molecule has 3 unspecified atom stereocenters. The highest BCUT2D eigenvalue weighted by Crippen LogP contribution is 2.47. The third kappa shape index (κ3) is 8.22. The van der Waals surface area contributed by atoms with E-state index in [0.717, 1.165) is 0 Å². The van der Waals surface area contributed by atoms with Crippen molar-refractivity contribution < 1.29 is 49.4 Å². The van der Waals surface area contributed by atoms with Crippen LogP contribution in [0.25, 0.3) is 0 Å². The van der Waals surface area contributed by atoms with Gasteiger partial charge in [0.05, 0.1) is 0 Å². The monoisotopic (exact) mass is 432 g/mol. The lowest BCUT2D eigenvalue weighted by Crippen LogP contribution is -2.55. The third-order valence-corrected chi connectivity index (χ3v) is 4.06. The van der Waals surface area contributed by atoms with E-state index in [2.05, 4.69) is 4.74 Å². The fourth-order valence-electron chi connectivity index (χ4n) is 1.78. The molecule has 0 rings (SSSR count). The lowest BCUT2D eigenvalue weighted by Gasteiger charge is -2.33. The number of alkyl halides is 7. The van der Waals surface area contributed by atoms with E-state index in [1.165, 1.54) is 6.92 Å². The molecule has 164 valence electrons. The molecule has 0 aliphatic carbocycles. The second-order valence-electron chi connectivity index (χ2n) is 6.72. The molecule has 0 saturated carbocycles. The maximum Gasteiger partial charge on any atom is 0.462 e. The zero-order valence-electron chi connectivity index (χ0n) is 16.1. The number of hydrogen-bond acceptors (Lipinski definition) is 4. The van der Waals surface area contributed by atoms with E-state index in [0.29, 0.717) is 6.42 Å². The first-order valence-corrected chi connectivity index (χ1v) is 11.9.